The number of carbonyl (C=O) groups is 3. The Bertz CT molecular complexity index is 837. The molecule has 1 aromatic rings. The van der Waals surface area contributed by atoms with Crippen LogP contribution in [0.4, 0.5) is 0 Å². The maximum atomic E-state index is 13.0. The van der Waals surface area contributed by atoms with Crippen molar-refractivity contribution in [3.8, 4) is 0 Å². The summed E-state index contributed by atoms with van der Waals surface area (Å²) in [6.45, 7) is 1.50. The number of benzene rings is 1. The zero-order valence-corrected chi connectivity index (χ0v) is 15.6. The standard InChI is InChI=1S/C21H25N3O4/c22-18(25)16-11-21(16)10-15(20(27)28)17(23-12-21)19(26)24-8-6-14(7-9-24)13-4-2-1-3-5-13/h1-6,15-17,23H,7-12H2,(H2,22,25)(H,27,28). The molecule has 1 spiro atoms. The van der Waals surface area contributed by atoms with E-state index in [0.717, 1.165) is 12.0 Å². The number of nitrogens with zero attached hydrogens (tertiary/aromatic N) is 1. The lowest BCUT2D eigenvalue weighted by molar-refractivity contribution is -0.150. The predicted octanol–water partition coefficient (Wildman–Crippen LogP) is 0.857. The smallest absolute Gasteiger partial charge is 0.308 e. The van der Waals surface area contributed by atoms with E-state index in [2.05, 4.69) is 17.4 Å². The number of nitrogens with one attached hydrogen (secondary N) is 1. The number of hydrogen-bond acceptors (Lipinski definition) is 4. The molecule has 3 aliphatic rings. The zero-order valence-electron chi connectivity index (χ0n) is 15.6. The molecule has 4 atom stereocenters. The van der Waals surface area contributed by atoms with Crippen LogP contribution in [0, 0.1) is 17.3 Å². The Morgan fingerprint density at radius 3 is 2.50 bits per heavy atom. The number of carbonyl (C=O) groups excluding carboxylic acids is 2. The van der Waals surface area contributed by atoms with Crippen molar-refractivity contribution in [1.29, 1.82) is 0 Å². The Labute approximate surface area is 163 Å². The summed E-state index contributed by atoms with van der Waals surface area (Å²) < 4.78 is 0. The summed E-state index contributed by atoms with van der Waals surface area (Å²) >= 11 is 0. The molecular weight excluding hydrogens is 358 g/mol. The third-order valence-electron chi connectivity index (χ3n) is 6.48. The van der Waals surface area contributed by atoms with Gasteiger partial charge in [0.25, 0.3) is 0 Å². The SMILES string of the molecule is NC(=O)C1CC12CNC(C(=O)N1CC=C(c3ccccc3)CC1)C(C(=O)O)C2. The number of primary amides is 1. The number of carboxylic acid groups (broad SMARTS) is 1. The molecule has 0 bridgehead atoms. The van der Waals surface area contributed by atoms with Crippen molar-refractivity contribution in [2.45, 2.75) is 25.3 Å². The quantitative estimate of drug-likeness (QED) is 0.714. The van der Waals surface area contributed by atoms with Crippen molar-refractivity contribution in [2.75, 3.05) is 19.6 Å². The van der Waals surface area contributed by atoms with E-state index in [9.17, 15) is 19.5 Å². The number of hydrogen-bond donors (Lipinski definition) is 3. The minimum atomic E-state index is -1.00. The first-order valence-corrected chi connectivity index (χ1v) is 9.70. The fourth-order valence-corrected chi connectivity index (χ4v) is 4.72. The van der Waals surface area contributed by atoms with E-state index in [4.69, 9.17) is 5.73 Å². The number of rotatable bonds is 4. The fraction of sp³-hybridized carbons (Fsp3) is 0.476. The first-order chi connectivity index (χ1) is 13.4. The second kappa shape index (κ2) is 7.05. The fourth-order valence-electron chi connectivity index (χ4n) is 4.72. The molecule has 2 amide bonds. The Hall–Kier alpha value is -2.67. The molecule has 7 nitrogen and oxygen atoms in total. The van der Waals surface area contributed by atoms with Crippen LogP contribution >= 0.6 is 0 Å². The van der Waals surface area contributed by atoms with Crippen molar-refractivity contribution >= 4 is 23.4 Å². The summed E-state index contributed by atoms with van der Waals surface area (Å²) in [6.07, 6.45) is 3.71. The van der Waals surface area contributed by atoms with E-state index in [1.165, 1.54) is 5.57 Å². The van der Waals surface area contributed by atoms with Gasteiger partial charge in [-0.2, -0.15) is 0 Å². The predicted molar refractivity (Wildman–Crippen MR) is 103 cm³/mol. The number of piperidine rings is 1. The van der Waals surface area contributed by atoms with Crippen LogP contribution in [-0.4, -0.2) is 53.5 Å². The average Bonchev–Trinajstić information content (AvgIpc) is 3.42. The minimum Gasteiger partial charge on any atom is -0.481 e. The number of aliphatic carboxylic acids is 1. The maximum Gasteiger partial charge on any atom is 0.308 e. The van der Waals surface area contributed by atoms with E-state index in [1.54, 1.807) is 4.90 Å². The first-order valence-electron chi connectivity index (χ1n) is 9.70. The monoisotopic (exact) mass is 383 g/mol. The summed E-state index contributed by atoms with van der Waals surface area (Å²) in [6, 6.07) is 9.30. The highest BCUT2D eigenvalue weighted by atomic mass is 16.4. The minimum absolute atomic E-state index is 0.179. The maximum absolute atomic E-state index is 13.0. The van der Waals surface area contributed by atoms with E-state index in [-0.39, 0.29) is 17.7 Å². The summed E-state index contributed by atoms with van der Waals surface area (Å²) in [5.74, 6) is -2.70. The molecule has 4 rings (SSSR count). The number of amides is 2. The molecule has 1 saturated carbocycles. The van der Waals surface area contributed by atoms with Gasteiger partial charge < -0.3 is 21.1 Å². The highest BCUT2D eigenvalue weighted by Crippen LogP contribution is 2.58. The zero-order chi connectivity index (χ0) is 19.9. The summed E-state index contributed by atoms with van der Waals surface area (Å²) in [4.78, 5) is 38.1. The number of nitrogens with two attached hydrogens (primary N) is 1. The van der Waals surface area contributed by atoms with Crippen LogP contribution in [-0.2, 0) is 14.4 Å². The normalized spacial score (nSPS) is 31.9. The Kier molecular flexibility index (Phi) is 4.71. The summed E-state index contributed by atoms with van der Waals surface area (Å²) in [5.41, 5.74) is 7.37. The molecule has 28 heavy (non-hydrogen) atoms. The molecule has 2 fully saturated rings. The van der Waals surface area contributed by atoms with Crippen molar-refractivity contribution in [2.24, 2.45) is 23.0 Å². The van der Waals surface area contributed by atoms with Crippen molar-refractivity contribution < 1.29 is 19.5 Å². The van der Waals surface area contributed by atoms with Crippen molar-refractivity contribution in [1.82, 2.24) is 10.2 Å². The summed E-state index contributed by atoms with van der Waals surface area (Å²) in [5, 5.41) is 12.8. The molecule has 0 aromatic heterocycles. The second-order valence-electron chi connectivity index (χ2n) is 8.16. The van der Waals surface area contributed by atoms with E-state index in [0.29, 0.717) is 32.5 Å². The third-order valence-corrected chi connectivity index (χ3v) is 6.48. The van der Waals surface area contributed by atoms with Gasteiger partial charge in [-0.15, -0.1) is 0 Å². The van der Waals surface area contributed by atoms with Crippen LogP contribution in [0.15, 0.2) is 36.4 Å². The van der Waals surface area contributed by atoms with Gasteiger partial charge in [0, 0.05) is 25.6 Å². The molecule has 1 aliphatic carbocycles. The van der Waals surface area contributed by atoms with E-state index < -0.39 is 23.3 Å². The molecule has 148 valence electrons. The topological polar surface area (TPSA) is 113 Å². The van der Waals surface area contributed by atoms with Crippen LogP contribution in [0.3, 0.4) is 0 Å². The van der Waals surface area contributed by atoms with E-state index in [1.807, 2.05) is 24.3 Å². The van der Waals surface area contributed by atoms with Crippen LogP contribution in [0.25, 0.3) is 5.57 Å². The molecule has 7 heteroatoms. The van der Waals surface area contributed by atoms with Crippen LogP contribution in [0.2, 0.25) is 0 Å². The molecule has 1 saturated heterocycles. The Balaban J connectivity index is 1.44. The van der Waals surface area contributed by atoms with Crippen molar-refractivity contribution in [3.05, 3.63) is 42.0 Å². The second-order valence-corrected chi connectivity index (χ2v) is 8.16. The van der Waals surface area contributed by atoms with Gasteiger partial charge >= 0.3 is 5.97 Å². The first kappa shape index (κ1) is 18.7. The Morgan fingerprint density at radius 1 is 1.18 bits per heavy atom. The number of carboxylic acids is 1. The van der Waals surface area contributed by atoms with E-state index >= 15 is 0 Å². The highest BCUT2D eigenvalue weighted by Gasteiger charge is 2.62. The average molecular weight is 383 g/mol. The van der Waals surface area contributed by atoms with Gasteiger partial charge in [-0.3, -0.25) is 14.4 Å². The van der Waals surface area contributed by atoms with Gasteiger partial charge in [0.2, 0.25) is 11.8 Å². The lowest BCUT2D eigenvalue weighted by Gasteiger charge is -2.38. The molecule has 1 aromatic carbocycles. The molecule has 4 N–H and O–H groups in total. The van der Waals surface area contributed by atoms with Gasteiger partial charge in [-0.05, 0) is 35.8 Å². The van der Waals surface area contributed by atoms with Crippen molar-refractivity contribution in [3.63, 3.8) is 0 Å². The van der Waals surface area contributed by atoms with Crippen LogP contribution in [0.5, 0.6) is 0 Å². The molecule has 2 aliphatic heterocycles. The van der Waals surface area contributed by atoms with Gasteiger partial charge in [0.1, 0.15) is 6.04 Å². The molecule has 0 radical (unpaired) electrons. The highest BCUT2D eigenvalue weighted by molar-refractivity contribution is 5.89. The largest absolute Gasteiger partial charge is 0.481 e. The van der Waals surface area contributed by atoms with Gasteiger partial charge in [0.05, 0.1) is 5.92 Å². The summed E-state index contributed by atoms with van der Waals surface area (Å²) in [7, 11) is 0. The molecule has 4 unspecified atom stereocenters. The van der Waals surface area contributed by atoms with Crippen LogP contribution < -0.4 is 11.1 Å². The van der Waals surface area contributed by atoms with Gasteiger partial charge in [-0.25, -0.2) is 0 Å². The lowest BCUT2D eigenvalue weighted by atomic mass is 9.80. The third kappa shape index (κ3) is 3.30. The van der Waals surface area contributed by atoms with Gasteiger partial charge in [0.15, 0.2) is 0 Å². The molecular formula is C21H25N3O4. The van der Waals surface area contributed by atoms with Gasteiger partial charge in [-0.1, -0.05) is 36.4 Å². The van der Waals surface area contributed by atoms with Crippen LogP contribution in [0.1, 0.15) is 24.8 Å². The lowest BCUT2D eigenvalue weighted by Crippen LogP contribution is -2.58. The Morgan fingerprint density at radius 2 is 1.93 bits per heavy atom. The molecule has 2 heterocycles.